The van der Waals surface area contributed by atoms with Gasteiger partial charge in [-0.25, -0.2) is 4.79 Å². The van der Waals surface area contributed by atoms with Gasteiger partial charge in [0.25, 0.3) is 0 Å². The molecule has 2 amide bonds. The van der Waals surface area contributed by atoms with E-state index in [0.29, 0.717) is 6.42 Å². The van der Waals surface area contributed by atoms with Crippen molar-refractivity contribution in [3.63, 3.8) is 0 Å². The van der Waals surface area contributed by atoms with Crippen LogP contribution in [0.1, 0.15) is 11.1 Å². The number of nitrogens with two attached hydrogens (primary N) is 1. The molecule has 3 atom stereocenters. The van der Waals surface area contributed by atoms with Gasteiger partial charge in [-0.15, -0.1) is 12.4 Å². The highest BCUT2D eigenvalue weighted by atomic mass is 35.5. The average Bonchev–Trinajstić information content (AvgIpc) is 3.24. The van der Waals surface area contributed by atoms with E-state index in [9.17, 15) is 19.5 Å². The van der Waals surface area contributed by atoms with Crippen LogP contribution in [-0.4, -0.2) is 59.7 Å². The molecule has 182 valence electrons. The molecule has 10 heteroatoms. The van der Waals surface area contributed by atoms with Gasteiger partial charge in [-0.1, -0.05) is 48.5 Å². The van der Waals surface area contributed by atoms with Gasteiger partial charge in [0.15, 0.2) is 6.04 Å². The summed E-state index contributed by atoms with van der Waals surface area (Å²) in [5, 5.41) is 15.5. The molecule has 3 rings (SSSR count). The van der Waals surface area contributed by atoms with Crippen molar-refractivity contribution in [2.24, 2.45) is 5.73 Å². The SMILES string of the molecule is COC(=O)[C@H](CO)NC(=O)[C@H](Cc1c[nH]c2ccccc12)NC(=O)[C@H](N)Cc1ccccc1.Cl. The van der Waals surface area contributed by atoms with Gasteiger partial charge in [0.05, 0.1) is 19.8 Å². The summed E-state index contributed by atoms with van der Waals surface area (Å²) in [6.07, 6.45) is 2.22. The number of carbonyl (C=O) groups is 3. The van der Waals surface area contributed by atoms with Crippen LogP contribution in [0, 0.1) is 0 Å². The van der Waals surface area contributed by atoms with Gasteiger partial charge in [0, 0.05) is 23.5 Å². The third-order valence-electron chi connectivity index (χ3n) is 5.35. The minimum atomic E-state index is -1.25. The summed E-state index contributed by atoms with van der Waals surface area (Å²) in [6.45, 7) is -0.639. The highest BCUT2D eigenvalue weighted by Gasteiger charge is 2.29. The minimum absolute atomic E-state index is 0. The zero-order chi connectivity index (χ0) is 23.8. The molecule has 3 aromatic rings. The van der Waals surface area contributed by atoms with Gasteiger partial charge >= 0.3 is 5.97 Å². The van der Waals surface area contributed by atoms with Crippen molar-refractivity contribution in [1.82, 2.24) is 15.6 Å². The number of halogens is 1. The smallest absolute Gasteiger partial charge is 0.330 e. The van der Waals surface area contributed by atoms with E-state index in [0.717, 1.165) is 29.1 Å². The lowest BCUT2D eigenvalue weighted by Gasteiger charge is -2.23. The maximum atomic E-state index is 13.0. The fourth-order valence-electron chi connectivity index (χ4n) is 3.56. The number of H-pyrrole nitrogens is 1. The number of nitrogens with one attached hydrogen (secondary N) is 3. The Morgan fingerprint density at radius 1 is 0.971 bits per heavy atom. The van der Waals surface area contributed by atoms with Crippen molar-refractivity contribution in [3.05, 3.63) is 71.9 Å². The first-order valence-electron chi connectivity index (χ1n) is 10.6. The second-order valence-corrected chi connectivity index (χ2v) is 7.69. The minimum Gasteiger partial charge on any atom is -0.467 e. The topological polar surface area (TPSA) is 147 Å². The summed E-state index contributed by atoms with van der Waals surface area (Å²) in [4.78, 5) is 40.8. The lowest BCUT2D eigenvalue weighted by atomic mass is 10.0. The summed E-state index contributed by atoms with van der Waals surface area (Å²) in [5.41, 5.74) is 8.68. The summed E-state index contributed by atoms with van der Waals surface area (Å²) in [6, 6.07) is 13.7. The Morgan fingerprint density at radius 2 is 1.62 bits per heavy atom. The van der Waals surface area contributed by atoms with E-state index < -0.39 is 42.5 Å². The van der Waals surface area contributed by atoms with E-state index in [1.807, 2.05) is 54.6 Å². The maximum absolute atomic E-state index is 13.0. The number of hydrogen-bond acceptors (Lipinski definition) is 6. The predicted molar refractivity (Wildman–Crippen MR) is 130 cm³/mol. The number of ether oxygens (including phenoxy) is 1. The van der Waals surface area contributed by atoms with Gasteiger partial charge in [-0.05, 0) is 23.6 Å². The molecule has 0 fully saturated rings. The molecule has 2 aromatic carbocycles. The monoisotopic (exact) mass is 488 g/mol. The third kappa shape index (κ3) is 6.80. The van der Waals surface area contributed by atoms with Gasteiger partial charge in [0.1, 0.15) is 6.04 Å². The fraction of sp³-hybridized carbons (Fsp3) is 0.292. The number of aromatic amines is 1. The first kappa shape index (κ1) is 26.8. The van der Waals surface area contributed by atoms with E-state index in [1.165, 1.54) is 0 Å². The van der Waals surface area contributed by atoms with Crippen LogP contribution >= 0.6 is 12.4 Å². The Balaban J connectivity index is 0.00000408. The van der Waals surface area contributed by atoms with Crippen molar-refractivity contribution in [3.8, 4) is 0 Å². The zero-order valence-electron chi connectivity index (χ0n) is 18.7. The number of methoxy groups -OCH3 is 1. The van der Waals surface area contributed by atoms with Crippen molar-refractivity contribution in [1.29, 1.82) is 0 Å². The summed E-state index contributed by atoms with van der Waals surface area (Å²) >= 11 is 0. The molecular formula is C24H29ClN4O5. The van der Waals surface area contributed by atoms with Crippen LogP contribution < -0.4 is 16.4 Å². The average molecular weight is 489 g/mol. The molecule has 0 spiro atoms. The van der Waals surface area contributed by atoms with Gasteiger partial charge in [0.2, 0.25) is 11.8 Å². The lowest BCUT2D eigenvalue weighted by molar-refractivity contribution is -0.146. The Hall–Kier alpha value is -3.40. The summed E-state index contributed by atoms with van der Waals surface area (Å²) < 4.78 is 4.61. The van der Waals surface area contributed by atoms with Crippen LogP contribution in [0.5, 0.6) is 0 Å². The van der Waals surface area contributed by atoms with Crippen molar-refractivity contribution in [2.45, 2.75) is 31.0 Å². The Kier molecular flexibility index (Phi) is 10.1. The molecule has 0 radical (unpaired) electrons. The van der Waals surface area contributed by atoms with Crippen LogP contribution in [0.25, 0.3) is 10.9 Å². The Morgan fingerprint density at radius 3 is 2.29 bits per heavy atom. The standard InChI is InChI=1S/C24H28N4O5.ClH/c1-33-24(32)21(14-29)28-23(31)20(12-16-13-26-19-10-6-5-9-17(16)19)27-22(30)18(25)11-15-7-3-2-4-8-15;/h2-10,13,18,20-21,26,29H,11-12,14,25H2,1H3,(H,27,30)(H,28,31);1H/t18-,20+,21+;/m1./s1. The first-order valence-corrected chi connectivity index (χ1v) is 10.6. The molecule has 0 saturated carbocycles. The predicted octanol–water partition coefficient (Wildman–Crippen LogP) is 0.837. The molecule has 1 heterocycles. The largest absolute Gasteiger partial charge is 0.467 e. The number of rotatable bonds is 10. The number of amides is 2. The number of aromatic nitrogens is 1. The van der Waals surface area contributed by atoms with Crippen molar-refractivity contribution < 1.29 is 24.2 Å². The number of carbonyl (C=O) groups excluding carboxylic acids is 3. The molecule has 34 heavy (non-hydrogen) atoms. The molecule has 6 N–H and O–H groups in total. The molecule has 0 unspecified atom stereocenters. The Labute approximate surface area is 203 Å². The van der Waals surface area contributed by atoms with Gasteiger partial charge in [-0.3, -0.25) is 9.59 Å². The summed E-state index contributed by atoms with van der Waals surface area (Å²) in [7, 11) is 1.16. The van der Waals surface area contributed by atoms with E-state index in [-0.39, 0.29) is 18.8 Å². The van der Waals surface area contributed by atoms with Crippen LogP contribution in [0.3, 0.4) is 0 Å². The Bertz CT molecular complexity index is 1100. The van der Waals surface area contributed by atoms with Crippen LogP contribution in [0.2, 0.25) is 0 Å². The van der Waals surface area contributed by atoms with E-state index in [1.54, 1.807) is 6.20 Å². The van der Waals surface area contributed by atoms with E-state index >= 15 is 0 Å². The maximum Gasteiger partial charge on any atom is 0.330 e. The molecule has 9 nitrogen and oxygen atoms in total. The zero-order valence-corrected chi connectivity index (χ0v) is 19.5. The normalized spacial score (nSPS) is 13.3. The lowest BCUT2D eigenvalue weighted by Crippen LogP contribution is -2.56. The first-order chi connectivity index (χ1) is 15.9. The third-order valence-corrected chi connectivity index (χ3v) is 5.35. The van der Waals surface area contributed by atoms with Crippen LogP contribution in [0.4, 0.5) is 0 Å². The van der Waals surface area contributed by atoms with Crippen LogP contribution in [0.15, 0.2) is 60.8 Å². The number of aliphatic hydroxyl groups is 1. The molecule has 0 aliphatic carbocycles. The molecular weight excluding hydrogens is 460 g/mol. The second-order valence-electron chi connectivity index (χ2n) is 7.69. The number of fused-ring (bicyclic) bond motifs is 1. The van der Waals surface area contributed by atoms with E-state index in [2.05, 4.69) is 20.4 Å². The summed E-state index contributed by atoms with van der Waals surface area (Å²) in [5.74, 6) is -1.92. The molecule has 1 aromatic heterocycles. The molecule has 0 saturated heterocycles. The van der Waals surface area contributed by atoms with Crippen molar-refractivity contribution in [2.75, 3.05) is 13.7 Å². The number of benzene rings is 2. The number of esters is 1. The van der Waals surface area contributed by atoms with E-state index in [4.69, 9.17) is 5.73 Å². The quantitative estimate of drug-likeness (QED) is 0.267. The molecule has 0 aliphatic heterocycles. The highest BCUT2D eigenvalue weighted by Crippen LogP contribution is 2.19. The fourth-order valence-corrected chi connectivity index (χ4v) is 3.56. The van der Waals surface area contributed by atoms with Crippen molar-refractivity contribution >= 4 is 41.1 Å². The van der Waals surface area contributed by atoms with Crippen LogP contribution in [-0.2, 0) is 32.0 Å². The second kappa shape index (κ2) is 12.7. The number of hydrogen-bond donors (Lipinski definition) is 5. The van der Waals surface area contributed by atoms with Gasteiger partial charge in [-0.2, -0.15) is 0 Å². The number of aliphatic hydroxyl groups excluding tert-OH is 1. The molecule has 0 bridgehead atoms. The van der Waals surface area contributed by atoms with Gasteiger partial charge < -0.3 is 31.2 Å². The highest BCUT2D eigenvalue weighted by molar-refractivity contribution is 5.93. The number of para-hydroxylation sites is 1. The molecule has 0 aliphatic rings.